The number of aromatic nitrogens is 2. The molecule has 0 radical (unpaired) electrons. The van der Waals surface area contributed by atoms with Crippen molar-refractivity contribution in [3.05, 3.63) is 18.2 Å². The Morgan fingerprint density at radius 3 is 2.56 bits per heavy atom. The summed E-state index contributed by atoms with van der Waals surface area (Å²) < 4.78 is 11.3. The fourth-order valence-electron chi connectivity index (χ4n) is 4.49. The molecule has 2 amide bonds. The maximum Gasteiger partial charge on any atom is 0.243 e. The van der Waals surface area contributed by atoms with Crippen molar-refractivity contribution in [2.75, 3.05) is 6.16 Å². The fourth-order valence-corrected chi connectivity index (χ4v) is 5.36. The van der Waals surface area contributed by atoms with Crippen LogP contribution >= 0.6 is 8.03 Å². The summed E-state index contributed by atoms with van der Waals surface area (Å²) in [5.74, 6) is -0.885. The summed E-state index contributed by atoms with van der Waals surface area (Å²) in [7, 11) is -2.55. The molecule has 32 heavy (non-hydrogen) atoms. The Labute approximate surface area is 190 Å². The number of carbonyl (C=O) groups is 2. The Morgan fingerprint density at radius 1 is 1.28 bits per heavy atom. The zero-order chi connectivity index (χ0) is 23.8. The SMILES string of the molecule is CC(C)[C@@H](NC(=O)[C@@H](N)Cc1c[nH]cn1)C(=O)NC(C1CCCC(C[PH](=O)O)C1)[C@H](C)O. The third-order valence-electron chi connectivity index (χ3n) is 6.19. The van der Waals surface area contributed by atoms with E-state index >= 15 is 0 Å². The largest absolute Gasteiger partial charge is 0.391 e. The monoisotopic (exact) mass is 471 g/mol. The molecule has 1 aromatic heterocycles. The molecule has 7 N–H and O–H groups in total. The van der Waals surface area contributed by atoms with E-state index in [9.17, 15) is 24.2 Å². The highest BCUT2D eigenvalue weighted by atomic mass is 31.1. The van der Waals surface area contributed by atoms with Crippen molar-refractivity contribution in [2.45, 2.75) is 77.1 Å². The Morgan fingerprint density at radius 2 is 2.00 bits per heavy atom. The number of rotatable bonds is 11. The molecule has 1 heterocycles. The average molecular weight is 472 g/mol. The van der Waals surface area contributed by atoms with Crippen molar-refractivity contribution in [1.82, 2.24) is 20.6 Å². The van der Waals surface area contributed by atoms with Crippen LogP contribution in [-0.2, 0) is 20.6 Å². The van der Waals surface area contributed by atoms with Crippen molar-refractivity contribution >= 4 is 19.8 Å². The average Bonchev–Trinajstić information content (AvgIpc) is 3.22. The predicted octanol–water partition coefficient (Wildman–Crippen LogP) is 0.559. The lowest BCUT2D eigenvalue weighted by Gasteiger charge is -2.37. The van der Waals surface area contributed by atoms with Gasteiger partial charge in [0, 0.05) is 18.8 Å². The van der Waals surface area contributed by atoms with Gasteiger partial charge in [-0.2, -0.15) is 0 Å². The lowest BCUT2D eigenvalue weighted by atomic mass is 9.77. The molecule has 7 atom stereocenters. The van der Waals surface area contributed by atoms with E-state index in [0.717, 1.165) is 19.3 Å². The highest BCUT2D eigenvalue weighted by Crippen LogP contribution is 2.36. The van der Waals surface area contributed by atoms with Gasteiger partial charge < -0.3 is 31.4 Å². The molecule has 0 saturated heterocycles. The van der Waals surface area contributed by atoms with E-state index in [4.69, 9.17) is 5.73 Å². The van der Waals surface area contributed by atoms with Crippen molar-refractivity contribution < 1.29 is 24.2 Å². The summed E-state index contributed by atoms with van der Waals surface area (Å²) >= 11 is 0. The molecule has 11 heteroatoms. The van der Waals surface area contributed by atoms with Gasteiger partial charge in [0.1, 0.15) is 6.04 Å². The molecule has 1 saturated carbocycles. The summed E-state index contributed by atoms with van der Waals surface area (Å²) in [6.45, 7) is 5.29. The standard InChI is InChI=1S/C21H38N5O5P/c1-12(2)18(25-20(28)17(22)8-16-9-23-11-24-16)21(29)26-19(13(3)27)15-6-4-5-14(7-15)10-32(30)31/h9,11-15,17-19,27,32H,4-8,10,22H2,1-3H3,(H,23,24)(H,25,28)(H,26,29)(H,30,31)/t13-,14?,15?,17-,18+,19?/m0/s1. The topological polar surface area (TPSA) is 170 Å². The van der Waals surface area contributed by atoms with Crippen LogP contribution in [0.1, 0.15) is 52.1 Å². The van der Waals surface area contributed by atoms with Crippen LogP contribution in [0.3, 0.4) is 0 Å². The van der Waals surface area contributed by atoms with E-state index in [1.807, 2.05) is 13.8 Å². The van der Waals surface area contributed by atoms with Gasteiger partial charge in [-0.15, -0.1) is 0 Å². The fraction of sp³-hybridized carbons (Fsp3) is 0.762. The van der Waals surface area contributed by atoms with E-state index in [1.165, 1.54) is 6.33 Å². The molecule has 0 spiro atoms. The maximum atomic E-state index is 13.1. The summed E-state index contributed by atoms with van der Waals surface area (Å²) in [5, 5.41) is 16.1. The third kappa shape index (κ3) is 7.99. The van der Waals surface area contributed by atoms with Crippen LogP contribution in [0.2, 0.25) is 0 Å². The molecule has 0 bridgehead atoms. The van der Waals surface area contributed by atoms with E-state index in [0.29, 0.717) is 12.1 Å². The molecule has 0 aliphatic heterocycles. The van der Waals surface area contributed by atoms with Gasteiger partial charge in [0.25, 0.3) is 0 Å². The summed E-state index contributed by atoms with van der Waals surface area (Å²) in [6.07, 6.45) is 6.18. The zero-order valence-electron chi connectivity index (χ0n) is 19.1. The van der Waals surface area contributed by atoms with E-state index in [1.54, 1.807) is 13.1 Å². The van der Waals surface area contributed by atoms with Crippen LogP contribution in [0.15, 0.2) is 12.5 Å². The minimum Gasteiger partial charge on any atom is -0.391 e. The number of hydrogen-bond acceptors (Lipinski definition) is 6. The molecule has 1 aliphatic carbocycles. The molecular weight excluding hydrogens is 433 g/mol. The van der Waals surface area contributed by atoms with E-state index in [2.05, 4.69) is 20.6 Å². The Bertz CT molecular complexity index is 758. The van der Waals surface area contributed by atoms with Gasteiger partial charge in [-0.1, -0.05) is 20.3 Å². The summed E-state index contributed by atoms with van der Waals surface area (Å²) in [5.41, 5.74) is 6.65. The van der Waals surface area contributed by atoms with E-state index in [-0.39, 0.29) is 36.2 Å². The Hall–Kier alpha value is -1.74. The predicted molar refractivity (Wildman–Crippen MR) is 122 cm³/mol. The number of aliphatic hydroxyl groups is 1. The molecule has 182 valence electrons. The number of amides is 2. The smallest absolute Gasteiger partial charge is 0.243 e. The van der Waals surface area contributed by atoms with Crippen molar-refractivity contribution in [1.29, 1.82) is 0 Å². The maximum absolute atomic E-state index is 13.1. The summed E-state index contributed by atoms with van der Waals surface area (Å²) in [4.78, 5) is 41.9. The first-order chi connectivity index (χ1) is 15.1. The third-order valence-corrected chi connectivity index (χ3v) is 7.12. The lowest BCUT2D eigenvalue weighted by molar-refractivity contribution is -0.132. The number of imidazole rings is 1. The first-order valence-electron chi connectivity index (χ1n) is 11.3. The number of hydrogen-bond donors (Lipinski definition) is 6. The second-order valence-electron chi connectivity index (χ2n) is 9.27. The number of nitrogens with zero attached hydrogens (tertiary/aromatic N) is 1. The number of aromatic amines is 1. The normalized spacial score (nSPS) is 23.7. The molecule has 0 aromatic carbocycles. The van der Waals surface area contributed by atoms with Crippen molar-refractivity contribution in [3.63, 3.8) is 0 Å². The van der Waals surface area contributed by atoms with Crippen molar-refractivity contribution in [3.8, 4) is 0 Å². The first-order valence-corrected chi connectivity index (χ1v) is 12.9. The van der Waals surface area contributed by atoms with Crippen LogP contribution in [0.4, 0.5) is 0 Å². The minimum atomic E-state index is -2.55. The zero-order valence-corrected chi connectivity index (χ0v) is 20.1. The number of aliphatic hydroxyl groups excluding tert-OH is 1. The molecule has 2 rings (SSSR count). The number of H-pyrrole nitrogens is 1. The van der Waals surface area contributed by atoms with Gasteiger partial charge in [-0.25, -0.2) is 4.98 Å². The van der Waals surface area contributed by atoms with Gasteiger partial charge in [0.2, 0.25) is 11.8 Å². The van der Waals surface area contributed by atoms with Gasteiger partial charge in [0.15, 0.2) is 8.03 Å². The van der Waals surface area contributed by atoms with E-state index < -0.39 is 38.2 Å². The molecular formula is C21H38N5O5P. The van der Waals surface area contributed by atoms with Crippen LogP contribution in [0, 0.1) is 17.8 Å². The molecule has 1 aromatic rings. The lowest BCUT2D eigenvalue weighted by Crippen LogP contribution is -2.58. The van der Waals surface area contributed by atoms with Crippen molar-refractivity contribution in [2.24, 2.45) is 23.5 Å². The number of carbonyl (C=O) groups excluding carboxylic acids is 2. The molecule has 10 nitrogen and oxygen atoms in total. The highest BCUT2D eigenvalue weighted by Gasteiger charge is 2.35. The molecule has 1 aliphatic rings. The van der Waals surface area contributed by atoms with Crippen LogP contribution in [-0.4, -0.2) is 62.2 Å². The van der Waals surface area contributed by atoms with Gasteiger partial charge in [-0.05, 0) is 43.9 Å². The Kier molecular flexibility index (Phi) is 10.3. The first kappa shape index (κ1) is 26.5. The molecule has 4 unspecified atom stereocenters. The number of nitrogens with one attached hydrogen (secondary N) is 3. The quantitative estimate of drug-likeness (QED) is 0.256. The van der Waals surface area contributed by atoms with Gasteiger partial charge in [0.05, 0.1) is 30.2 Å². The van der Waals surface area contributed by atoms with Gasteiger partial charge >= 0.3 is 0 Å². The Balaban J connectivity index is 2.02. The van der Waals surface area contributed by atoms with Gasteiger partial charge in [-0.3, -0.25) is 14.2 Å². The second kappa shape index (κ2) is 12.5. The van der Waals surface area contributed by atoms with Crippen LogP contribution < -0.4 is 16.4 Å². The second-order valence-corrected chi connectivity index (χ2v) is 10.5. The molecule has 1 fully saturated rings. The minimum absolute atomic E-state index is 0.00415. The van der Waals surface area contributed by atoms with Crippen LogP contribution in [0.5, 0.6) is 0 Å². The summed E-state index contributed by atoms with van der Waals surface area (Å²) in [6, 6.07) is -2.15. The van der Waals surface area contributed by atoms with Crippen LogP contribution in [0.25, 0.3) is 0 Å². The number of nitrogens with two attached hydrogens (primary N) is 1. The highest BCUT2D eigenvalue weighted by molar-refractivity contribution is 7.38.